The summed E-state index contributed by atoms with van der Waals surface area (Å²) in [6.45, 7) is 0.633. The van der Waals surface area contributed by atoms with Crippen molar-refractivity contribution in [3.8, 4) is 0 Å². The van der Waals surface area contributed by atoms with Crippen LogP contribution in [-0.4, -0.2) is 9.55 Å². The van der Waals surface area contributed by atoms with Gasteiger partial charge in [-0.05, 0) is 30.5 Å². The van der Waals surface area contributed by atoms with E-state index in [1.54, 1.807) is 10.9 Å². The van der Waals surface area contributed by atoms with Crippen LogP contribution in [0.3, 0.4) is 0 Å². The standard InChI is InChI=1S/C19H16N2O2/c22-19-18-17(15-10-4-5-11-16(15)23-18)20-13-21(19)12-6-9-14-7-2-1-3-8-14/h1-5,7-8,10-11,13H,6,9,12H2. The average Bonchev–Trinajstić information content (AvgIpc) is 2.97. The minimum atomic E-state index is -0.112. The van der Waals surface area contributed by atoms with Crippen LogP contribution in [0.25, 0.3) is 22.1 Å². The van der Waals surface area contributed by atoms with Gasteiger partial charge in [-0.15, -0.1) is 0 Å². The van der Waals surface area contributed by atoms with Crippen molar-refractivity contribution in [2.75, 3.05) is 0 Å². The molecule has 0 bridgehead atoms. The number of furan rings is 1. The van der Waals surface area contributed by atoms with E-state index in [1.807, 2.05) is 42.5 Å². The van der Waals surface area contributed by atoms with E-state index in [9.17, 15) is 4.79 Å². The molecule has 0 unspecified atom stereocenters. The van der Waals surface area contributed by atoms with Crippen LogP contribution in [0.5, 0.6) is 0 Å². The lowest BCUT2D eigenvalue weighted by atomic mass is 10.1. The Labute approximate surface area is 133 Å². The first-order chi connectivity index (χ1) is 11.3. The van der Waals surface area contributed by atoms with Crippen LogP contribution in [-0.2, 0) is 13.0 Å². The fourth-order valence-electron chi connectivity index (χ4n) is 2.87. The van der Waals surface area contributed by atoms with Crippen molar-refractivity contribution in [2.24, 2.45) is 0 Å². The molecule has 23 heavy (non-hydrogen) atoms. The van der Waals surface area contributed by atoms with Crippen LogP contribution in [0.1, 0.15) is 12.0 Å². The summed E-state index contributed by atoms with van der Waals surface area (Å²) in [6, 6.07) is 17.9. The molecule has 4 heteroatoms. The van der Waals surface area contributed by atoms with E-state index in [-0.39, 0.29) is 5.56 Å². The minimum absolute atomic E-state index is 0.112. The van der Waals surface area contributed by atoms with Crippen molar-refractivity contribution in [3.05, 3.63) is 76.8 Å². The number of fused-ring (bicyclic) bond motifs is 3. The van der Waals surface area contributed by atoms with Gasteiger partial charge in [-0.1, -0.05) is 42.5 Å². The van der Waals surface area contributed by atoms with Gasteiger partial charge < -0.3 is 4.42 Å². The summed E-state index contributed by atoms with van der Waals surface area (Å²) < 4.78 is 7.33. The normalized spacial score (nSPS) is 11.3. The van der Waals surface area contributed by atoms with E-state index in [0.29, 0.717) is 23.2 Å². The Morgan fingerprint density at radius 1 is 1.00 bits per heavy atom. The fourth-order valence-corrected chi connectivity index (χ4v) is 2.87. The van der Waals surface area contributed by atoms with Gasteiger partial charge in [-0.2, -0.15) is 0 Å². The van der Waals surface area contributed by atoms with Gasteiger partial charge in [-0.3, -0.25) is 9.36 Å². The maximum absolute atomic E-state index is 12.6. The zero-order valence-electron chi connectivity index (χ0n) is 12.6. The highest BCUT2D eigenvalue weighted by atomic mass is 16.3. The average molecular weight is 304 g/mol. The molecule has 4 rings (SSSR count). The van der Waals surface area contributed by atoms with Gasteiger partial charge in [0.15, 0.2) is 0 Å². The Morgan fingerprint density at radius 2 is 1.78 bits per heavy atom. The van der Waals surface area contributed by atoms with Crippen molar-refractivity contribution >= 4 is 22.1 Å². The second-order valence-corrected chi connectivity index (χ2v) is 5.61. The lowest BCUT2D eigenvalue weighted by Gasteiger charge is -2.04. The highest BCUT2D eigenvalue weighted by molar-refractivity contribution is 6.01. The highest BCUT2D eigenvalue weighted by Crippen LogP contribution is 2.24. The zero-order chi connectivity index (χ0) is 15.6. The molecule has 0 N–H and O–H groups in total. The molecule has 4 aromatic rings. The van der Waals surface area contributed by atoms with E-state index in [2.05, 4.69) is 17.1 Å². The monoisotopic (exact) mass is 304 g/mol. The molecule has 0 atom stereocenters. The number of nitrogens with zero attached hydrogens (tertiary/aromatic N) is 2. The molecule has 2 aromatic carbocycles. The Bertz CT molecular complexity index is 1020. The fraction of sp³-hybridized carbons (Fsp3) is 0.158. The number of aryl methyl sites for hydroxylation is 2. The molecular formula is C19H16N2O2. The maximum Gasteiger partial charge on any atom is 0.297 e. The van der Waals surface area contributed by atoms with Crippen LogP contribution < -0.4 is 5.56 Å². The molecule has 0 saturated carbocycles. The van der Waals surface area contributed by atoms with Crippen molar-refractivity contribution in [3.63, 3.8) is 0 Å². The largest absolute Gasteiger partial charge is 0.448 e. The van der Waals surface area contributed by atoms with Crippen LogP contribution in [0.15, 0.2) is 70.1 Å². The summed E-state index contributed by atoms with van der Waals surface area (Å²) in [7, 11) is 0. The summed E-state index contributed by atoms with van der Waals surface area (Å²) in [5.74, 6) is 0. The summed E-state index contributed by atoms with van der Waals surface area (Å²) in [5.41, 5.74) is 2.85. The predicted molar refractivity (Wildman–Crippen MR) is 90.5 cm³/mol. The molecule has 4 nitrogen and oxygen atoms in total. The molecule has 0 saturated heterocycles. The van der Waals surface area contributed by atoms with Crippen molar-refractivity contribution in [2.45, 2.75) is 19.4 Å². The minimum Gasteiger partial charge on any atom is -0.448 e. The lowest BCUT2D eigenvalue weighted by Crippen LogP contribution is -2.20. The van der Waals surface area contributed by atoms with E-state index in [1.165, 1.54) is 5.56 Å². The zero-order valence-corrected chi connectivity index (χ0v) is 12.6. The van der Waals surface area contributed by atoms with Gasteiger partial charge in [-0.25, -0.2) is 4.98 Å². The third-order valence-electron chi connectivity index (χ3n) is 4.06. The molecule has 0 spiro atoms. The number of hydrogen-bond acceptors (Lipinski definition) is 3. The quantitative estimate of drug-likeness (QED) is 0.576. The smallest absolute Gasteiger partial charge is 0.297 e. The highest BCUT2D eigenvalue weighted by Gasteiger charge is 2.12. The lowest BCUT2D eigenvalue weighted by molar-refractivity contribution is 0.596. The summed E-state index contributed by atoms with van der Waals surface area (Å²) in [6.07, 6.45) is 3.44. The van der Waals surface area contributed by atoms with Crippen LogP contribution in [0.2, 0.25) is 0 Å². The van der Waals surface area contributed by atoms with Gasteiger partial charge >= 0.3 is 0 Å². The predicted octanol–water partition coefficient (Wildman–Crippen LogP) is 3.78. The summed E-state index contributed by atoms with van der Waals surface area (Å²) >= 11 is 0. The Hall–Kier alpha value is -2.88. The second kappa shape index (κ2) is 5.72. The van der Waals surface area contributed by atoms with E-state index in [0.717, 1.165) is 18.2 Å². The topological polar surface area (TPSA) is 48.0 Å². The molecule has 2 heterocycles. The number of hydrogen-bond donors (Lipinski definition) is 0. The summed E-state index contributed by atoms with van der Waals surface area (Å²) in [5, 5.41) is 0.885. The van der Waals surface area contributed by atoms with Gasteiger partial charge in [0.25, 0.3) is 5.56 Å². The molecular weight excluding hydrogens is 288 g/mol. The van der Waals surface area contributed by atoms with Gasteiger partial charge in [0.2, 0.25) is 5.58 Å². The number of rotatable bonds is 4. The van der Waals surface area contributed by atoms with E-state index < -0.39 is 0 Å². The van der Waals surface area contributed by atoms with Crippen molar-refractivity contribution < 1.29 is 4.42 Å². The van der Waals surface area contributed by atoms with Gasteiger partial charge in [0.05, 0.1) is 6.33 Å². The van der Waals surface area contributed by atoms with Crippen molar-refractivity contribution in [1.82, 2.24) is 9.55 Å². The molecule has 0 radical (unpaired) electrons. The van der Waals surface area contributed by atoms with E-state index in [4.69, 9.17) is 4.42 Å². The molecule has 2 aromatic heterocycles. The third kappa shape index (κ3) is 2.52. The van der Waals surface area contributed by atoms with Crippen LogP contribution >= 0.6 is 0 Å². The van der Waals surface area contributed by atoms with Crippen molar-refractivity contribution in [1.29, 1.82) is 0 Å². The molecule has 0 aliphatic rings. The first-order valence-electron chi connectivity index (χ1n) is 7.73. The Balaban J connectivity index is 1.62. The molecule has 0 fully saturated rings. The maximum atomic E-state index is 12.6. The molecule has 0 amide bonds. The Morgan fingerprint density at radius 3 is 2.65 bits per heavy atom. The van der Waals surface area contributed by atoms with Crippen LogP contribution in [0, 0.1) is 0 Å². The molecule has 0 aliphatic heterocycles. The van der Waals surface area contributed by atoms with Crippen LogP contribution in [0.4, 0.5) is 0 Å². The Kier molecular flexibility index (Phi) is 3.42. The van der Waals surface area contributed by atoms with E-state index >= 15 is 0 Å². The first kappa shape index (κ1) is 13.8. The van der Waals surface area contributed by atoms with Gasteiger partial charge in [0.1, 0.15) is 11.1 Å². The van der Waals surface area contributed by atoms with Gasteiger partial charge in [0, 0.05) is 11.9 Å². The number of aromatic nitrogens is 2. The SMILES string of the molecule is O=c1c2oc3ccccc3c2ncn1CCCc1ccccc1. The second-order valence-electron chi connectivity index (χ2n) is 5.61. The third-order valence-corrected chi connectivity index (χ3v) is 4.06. The number of benzene rings is 2. The molecule has 114 valence electrons. The number of para-hydroxylation sites is 1. The molecule has 0 aliphatic carbocycles. The summed E-state index contributed by atoms with van der Waals surface area (Å²) in [4.78, 5) is 17.0. The first-order valence-corrected chi connectivity index (χ1v) is 7.73.